The first-order valence-corrected chi connectivity index (χ1v) is 11.8. The molecule has 4 rings (SSSR count). The van der Waals surface area contributed by atoms with Crippen molar-refractivity contribution in [2.45, 2.75) is 12.7 Å². The molecule has 0 radical (unpaired) electrons. The molecular weight excluding hydrogens is 495 g/mol. The molecule has 1 aromatic carbocycles. The molecule has 1 saturated heterocycles. The van der Waals surface area contributed by atoms with Crippen LogP contribution in [0.15, 0.2) is 48.9 Å². The molecule has 0 aliphatic carbocycles. The van der Waals surface area contributed by atoms with Crippen LogP contribution in [0.3, 0.4) is 0 Å². The Morgan fingerprint density at radius 3 is 2.68 bits per heavy atom. The van der Waals surface area contributed by atoms with Crippen LogP contribution in [-0.2, 0) is 12.7 Å². The zero-order chi connectivity index (χ0) is 27.1. The molecular formula is C27H26F3N7O. The third-order valence-corrected chi connectivity index (χ3v) is 5.95. The van der Waals surface area contributed by atoms with Crippen LogP contribution < -0.4 is 5.32 Å². The fourth-order valence-electron chi connectivity index (χ4n) is 3.91. The smallest absolute Gasteiger partial charge is 0.332 e. The number of amides is 1. The second kappa shape index (κ2) is 11.9. The number of aromatic nitrogens is 3. The standard InChI is InChI=1S/C27H26F3N7O/c1-36-9-11-37(12-10-36)18-21-6-5-20(14-24(21)27(28,29)30)26(38)35-23-13-19(15-32-16-23)4-7-22-17-33-25(34-22)3-2-8-31/h2-3,5-6,8,13-17,31H,9-12,18H2,1H3,(H,33,34)(H,35,38)/b3-2-,31-8?. The highest BCUT2D eigenvalue weighted by atomic mass is 19.4. The Morgan fingerprint density at radius 2 is 1.95 bits per heavy atom. The van der Waals surface area contributed by atoms with Crippen LogP contribution in [-0.4, -0.2) is 70.1 Å². The lowest BCUT2D eigenvalue weighted by atomic mass is 10.0. The Kier molecular flexibility index (Phi) is 8.35. The number of H-pyrrole nitrogens is 1. The van der Waals surface area contributed by atoms with E-state index in [1.54, 1.807) is 18.3 Å². The number of pyridine rings is 1. The molecule has 0 spiro atoms. The van der Waals surface area contributed by atoms with Crippen LogP contribution in [0.2, 0.25) is 0 Å². The highest BCUT2D eigenvalue weighted by molar-refractivity contribution is 6.04. The number of likely N-dealkylation sites (N-methyl/N-ethyl adjacent to an activating group) is 1. The zero-order valence-electron chi connectivity index (χ0n) is 20.6. The number of carbonyl (C=O) groups is 1. The van der Waals surface area contributed by atoms with Crippen molar-refractivity contribution in [1.29, 1.82) is 5.41 Å². The van der Waals surface area contributed by atoms with Gasteiger partial charge in [-0.1, -0.05) is 12.0 Å². The summed E-state index contributed by atoms with van der Waals surface area (Å²) in [5.74, 6) is 5.66. The van der Waals surface area contributed by atoms with Crippen molar-refractivity contribution < 1.29 is 18.0 Å². The van der Waals surface area contributed by atoms with E-state index in [1.165, 1.54) is 30.6 Å². The topological polar surface area (TPSA) is 101 Å². The van der Waals surface area contributed by atoms with Gasteiger partial charge < -0.3 is 20.6 Å². The molecule has 8 nitrogen and oxygen atoms in total. The summed E-state index contributed by atoms with van der Waals surface area (Å²) in [6.45, 7) is 3.14. The highest BCUT2D eigenvalue weighted by Gasteiger charge is 2.34. The van der Waals surface area contributed by atoms with Crippen molar-refractivity contribution in [2.75, 3.05) is 38.5 Å². The number of carbonyl (C=O) groups excluding carboxylic acids is 1. The maximum Gasteiger partial charge on any atom is 0.416 e. The summed E-state index contributed by atoms with van der Waals surface area (Å²) in [5.41, 5.74) is 0.576. The second-order valence-corrected chi connectivity index (χ2v) is 8.82. The Balaban J connectivity index is 1.47. The lowest BCUT2D eigenvalue weighted by Crippen LogP contribution is -2.44. The largest absolute Gasteiger partial charge is 0.416 e. The molecule has 196 valence electrons. The lowest BCUT2D eigenvalue weighted by molar-refractivity contribution is -0.138. The first kappa shape index (κ1) is 26.8. The summed E-state index contributed by atoms with van der Waals surface area (Å²) in [6.07, 6.45) is 4.13. The van der Waals surface area contributed by atoms with Gasteiger partial charge in [-0.15, -0.1) is 0 Å². The second-order valence-electron chi connectivity index (χ2n) is 8.82. The number of allylic oxidation sites excluding steroid dienone is 1. The van der Waals surface area contributed by atoms with Gasteiger partial charge in [0.1, 0.15) is 11.5 Å². The predicted octanol–water partition coefficient (Wildman–Crippen LogP) is 3.89. The number of aromatic amines is 1. The molecule has 3 heterocycles. The average Bonchev–Trinajstić information content (AvgIpc) is 3.35. The highest BCUT2D eigenvalue weighted by Crippen LogP contribution is 2.33. The minimum atomic E-state index is -4.59. The number of nitrogens with zero attached hydrogens (tertiary/aromatic N) is 4. The summed E-state index contributed by atoms with van der Waals surface area (Å²) in [7, 11) is 1.98. The van der Waals surface area contributed by atoms with Crippen LogP contribution in [0.4, 0.5) is 18.9 Å². The first-order chi connectivity index (χ1) is 18.2. The molecule has 1 fully saturated rings. The van der Waals surface area contributed by atoms with Crippen molar-refractivity contribution in [3.63, 3.8) is 0 Å². The van der Waals surface area contributed by atoms with Gasteiger partial charge in [0.25, 0.3) is 5.91 Å². The van der Waals surface area contributed by atoms with E-state index in [9.17, 15) is 18.0 Å². The minimum absolute atomic E-state index is 0.0982. The normalized spacial score (nSPS) is 14.7. The molecule has 0 atom stereocenters. The third-order valence-electron chi connectivity index (χ3n) is 5.95. The quantitative estimate of drug-likeness (QED) is 0.338. The Hall–Kier alpha value is -4.27. The number of imidazole rings is 1. The molecule has 11 heteroatoms. The van der Waals surface area contributed by atoms with Gasteiger partial charge in [-0.25, -0.2) is 4.98 Å². The number of piperazine rings is 1. The van der Waals surface area contributed by atoms with Gasteiger partial charge in [0.2, 0.25) is 0 Å². The van der Waals surface area contributed by atoms with Crippen molar-refractivity contribution >= 4 is 23.9 Å². The van der Waals surface area contributed by atoms with E-state index in [0.29, 0.717) is 35.9 Å². The van der Waals surface area contributed by atoms with Crippen molar-refractivity contribution in [3.8, 4) is 11.8 Å². The summed E-state index contributed by atoms with van der Waals surface area (Å²) in [5, 5.41) is 9.61. The number of halogens is 3. The maximum absolute atomic E-state index is 13.9. The summed E-state index contributed by atoms with van der Waals surface area (Å²) >= 11 is 0. The molecule has 3 N–H and O–H groups in total. The summed E-state index contributed by atoms with van der Waals surface area (Å²) in [6, 6.07) is 5.28. The molecule has 0 bridgehead atoms. The average molecular weight is 522 g/mol. The predicted molar refractivity (Wildman–Crippen MR) is 139 cm³/mol. The van der Waals surface area contributed by atoms with Crippen LogP contribution in [0.1, 0.15) is 38.6 Å². The molecule has 1 aliphatic rings. The Labute approximate surface area is 218 Å². The fourth-order valence-corrected chi connectivity index (χ4v) is 3.91. The van der Waals surface area contributed by atoms with Gasteiger partial charge in [0.15, 0.2) is 0 Å². The molecule has 0 saturated carbocycles. The molecule has 38 heavy (non-hydrogen) atoms. The number of hydrogen-bond donors (Lipinski definition) is 3. The van der Waals surface area contributed by atoms with Gasteiger partial charge >= 0.3 is 6.18 Å². The molecule has 2 aromatic heterocycles. The van der Waals surface area contributed by atoms with Crippen molar-refractivity contribution in [1.82, 2.24) is 24.8 Å². The zero-order valence-corrected chi connectivity index (χ0v) is 20.6. The SMILES string of the molecule is CN1CCN(Cc2ccc(C(=O)Nc3cncc(C#Cc4cnc(/C=C\C=N)[nH]4)c3)cc2C(F)(F)F)CC1. The molecule has 1 aliphatic heterocycles. The molecule has 1 amide bonds. The third kappa shape index (κ3) is 7.15. The van der Waals surface area contributed by atoms with E-state index in [-0.39, 0.29) is 17.7 Å². The Morgan fingerprint density at radius 1 is 1.16 bits per heavy atom. The van der Waals surface area contributed by atoms with E-state index in [0.717, 1.165) is 25.4 Å². The van der Waals surface area contributed by atoms with E-state index in [4.69, 9.17) is 5.41 Å². The van der Waals surface area contributed by atoms with E-state index < -0.39 is 17.6 Å². The fraction of sp³-hybridized carbons (Fsp3) is 0.259. The summed E-state index contributed by atoms with van der Waals surface area (Å²) < 4.78 is 41.6. The van der Waals surface area contributed by atoms with Gasteiger partial charge in [-0.05, 0) is 48.9 Å². The van der Waals surface area contributed by atoms with Gasteiger partial charge in [0.05, 0.1) is 23.6 Å². The molecule has 0 unspecified atom stereocenters. The maximum atomic E-state index is 13.9. The lowest BCUT2D eigenvalue weighted by Gasteiger charge is -2.33. The number of nitrogens with one attached hydrogen (secondary N) is 3. The minimum Gasteiger partial charge on any atom is -0.332 e. The van der Waals surface area contributed by atoms with Gasteiger partial charge in [-0.3, -0.25) is 14.7 Å². The number of benzene rings is 1. The van der Waals surface area contributed by atoms with Crippen molar-refractivity contribution in [3.05, 3.63) is 82.7 Å². The summed E-state index contributed by atoms with van der Waals surface area (Å²) in [4.78, 5) is 28.1. The van der Waals surface area contributed by atoms with Crippen molar-refractivity contribution in [2.24, 2.45) is 0 Å². The van der Waals surface area contributed by atoms with Crippen LogP contribution >= 0.6 is 0 Å². The number of alkyl halides is 3. The monoisotopic (exact) mass is 521 g/mol. The van der Waals surface area contributed by atoms with Crippen LogP contribution in [0.5, 0.6) is 0 Å². The Bertz CT molecular complexity index is 1390. The van der Waals surface area contributed by atoms with E-state index >= 15 is 0 Å². The van der Waals surface area contributed by atoms with E-state index in [1.807, 2.05) is 11.9 Å². The molecule has 3 aromatic rings. The van der Waals surface area contributed by atoms with E-state index in [2.05, 4.69) is 37.0 Å². The van der Waals surface area contributed by atoms with Gasteiger partial charge in [0, 0.05) is 56.3 Å². The van der Waals surface area contributed by atoms with Gasteiger partial charge in [-0.2, -0.15) is 13.2 Å². The number of hydrogen-bond acceptors (Lipinski definition) is 6. The number of anilines is 1. The first-order valence-electron chi connectivity index (χ1n) is 11.8. The van der Waals surface area contributed by atoms with Crippen LogP contribution in [0, 0.1) is 17.3 Å². The number of rotatable bonds is 6. The van der Waals surface area contributed by atoms with Crippen LogP contribution in [0.25, 0.3) is 6.08 Å².